The van der Waals surface area contributed by atoms with Gasteiger partial charge < -0.3 is 4.90 Å². The van der Waals surface area contributed by atoms with Crippen LogP contribution in [0.5, 0.6) is 0 Å². The molecule has 0 aliphatic carbocycles. The van der Waals surface area contributed by atoms with Gasteiger partial charge in [-0.3, -0.25) is 4.79 Å². The van der Waals surface area contributed by atoms with E-state index in [0.29, 0.717) is 6.04 Å². The fraction of sp³-hybridized carbons (Fsp3) is 0.545. The summed E-state index contributed by atoms with van der Waals surface area (Å²) in [5.74, 6) is 0.204. The molecule has 1 atom stereocenters. The van der Waals surface area contributed by atoms with Crippen molar-refractivity contribution < 1.29 is 4.79 Å². The SMILES string of the molecule is Cc1cscc1C(=O)N1CCCC1CBr. The number of rotatable bonds is 2. The number of hydrogen-bond acceptors (Lipinski definition) is 2. The van der Waals surface area contributed by atoms with E-state index in [4.69, 9.17) is 0 Å². The van der Waals surface area contributed by atoms with Crippen molar-refractivity contribution >= 4 is 33.2 Å². The maximum Gasteiger partial charge on any atom is 0.255 e. The van der Waals surface area contributed by atoms with Gasteiger partial charge in [-0.15, -0.1) is 0 Å². The highest BCUT2D eigenvalue weighted by molar-refractivity contribution is 9.09. The molecule has 0 saturated carbocycles. The highest BCUT2D eigenvalue weighted by Gasteiger charge is 2.29. The molecule has 0 bridgehead atoms. The lowest BCUT2D eigenvalue weighted by Gasteiger charge is -2.22. The summed E-state index contributed by atoms with van der Waals surface area (Å²) in [6.07, 6.45) is 2.26. The quantitative estimate of drug-likeness (QED) is 0.766. The number of likely N-dealkylation sites (tertiary alicyclic amines) is 1. The molecule has 4 heteroatoms. The van der Waals surface area contributed by atoms with Gasteiger partial charge in [-0.25, -0.2) is 0 Å². The lowest BCUT2D eigenvalue weighted by molar-refractivity contribution is 0.0750. The van der Waals surface area contributed by atoms with Crippen molar-refractivity contribution in [2.45, 2.75) is 25.8 Å². The number of aryl methyl sites for hydroxylation is 1. The second kappa shape index (κ2) is 4.66. The lowest BCUT2D eigenvalue weighted by Crippen LogP contribution is -2.36. The first-order valence-corrected chi connectivity index (χ1v) is 7.20. The first-order chi connectivity index (χ1) is 7.24. The van der Waals surface area contributed by atoms with Gasteiger partial charge in [0.2, 0.25) is 0 Å². The minimum Gasteiger partial charge on any atom is -0.335 e. The molecule has 1 fully saturated rings. The van der Waals surface area contributed by atoms with Crippen LogP contribution >= 0.6 is 27.3 Å². The number of amides is 1. The average Bonchev–Trinajstić information content (AvgIpc) is 2.84. The Morgan fingerprint density at radius 1 is 1.67 bits per heavy atom. The zero-order chi connectivity index (χ0) is 10.8. The van der Waals surface area contributed by atoms with Gasteiger partial charge in [-0.2, -0.15) is 11.3 Å². The molecule has 1 aliphatic heterocycles. The third kappa shape index (κ3) is 2.11. The molecule has 0 aromatic carbocycles. The highest BCUT2D eigenvalue weighted by Crippen LogP contribution is 2.24. The minimum atomic E-state index is 0.204. The van der Waals surface area contributed by atoms with Crippen LogP contribution in [0.25, 0.3) is 0 Å². The van der Waals surface area contributed by atoms with Crippen LogP contribution < -0.4 is 0 Å². The van der Waals surface area contributed by atoms with Crippen LogP contribution in [0.1, 0.15) is 28.8 Å². The Morgan fingerprint density at radius 2 is 2.47 bits per heavy atom. The zero-order valence-corrected chi connectivity index (χ0v) is 11.1. The van der Waals surface area contributed by atoms with Crippen LogP contribution in [0.2, 0.25) is 0 Å². The van der Waals surface area contributed by atoms with Crippen molar-refractivity contribution in [3.05, 3.63) is 21.9 Å². The van der Waals surface area contributed by atoms with Crippen LogP contribution in [-0.2, 0) is 0 Å². The average molecular weight is 288 g/mol. The van der Waals surface area contributed by atoms with Crippen LogP contribution in [0.3, 0.4) is 0 Å². The molecule has 15 heavy (non-hydrogen) atoms. The van der Waals surface area contributed by atoms with Gasteiger partial charge in [0.05, 0.1) is 5.56 Å². The summed E-state index contributed by atoms with van der Waals surface area (Å²) in [7, 11) is 0. The number of hydrogen-bond donors (Lipinski definition) is 0. The molecule has 1 aromatic rings. The van der Waals surface area contributed by atoms with Gasteiger partial charge in [0.25, 0.3) is 5.91 Å². The fourth-order valence-electron chi connectivity index (χ4n) is 2.00. The Bertz CT molecular complexity index is 363. The minimum absolute atomic E-state index is 0.204. The summed E-state index contributed by atoms with van der Waals surface area (Å²) in [6.45, 7) is 2.91. The number of carbonyl (C=O) groups is 1. The largest absolute Gasteiger partial charge is 0.335 e. The van der Waals surface area contributed by atoms with Gasteiger partial charge in [0, 0.05) is 23.3 Å². The third-order valence-electron chi connectivity index (χ3n) is 2.90. The van der Waals surface area contributed by atoms with E-state index in [2.05, 4.69) is 15.9 Å². The molecule has 0 N–H and O–H groups in total. The first-order valence-electron chi connectivity index (χ1n) is 5.13. The van der Waals surface area contributed by atoms with E-state index in [1.165, 1.54) is 0 Å². The van der Waals surface area contributed by atoms with Gasteiger partial charge in [0.1, 0.15) is 0 Å². The van der Waals surface area contributed by atoms with E-state index in [0.717, 1.165) is 35.8 Å². The summed E-state index contributed by atoms with van der Waals surface area (Å²) in [6, 6.07) is 0.386. The van der Waals surface area contributed by atoms with Gasteiger partial charge in [-0.1, -0.05) is 15.9 Å². The molecule has 0 radical (unpaired) electrons. The predicted molar refractivity (Wildman–Crippen MR) is 66.9 cm³/mol. The Kier molecular flexibility index (Phi) is 3.46. The Hall–Kier alpha value is -0.350. The Morgan fingerprint density at radius 3 is 3.07 bits per heavy atom. The predicted octanol–water partition coefficient (Wildman–Crippen LogP) is 3.06. The van der Waals surface area contributed by atoms with Crippen LogP contribution in [0.4, 0.5) is 0 Å². The van der Waals surface area contributed by atoms with E-state index in [9.17, 15) is 4.79 Å². The maximum absolute atomic E-state index is 12.2. The van der Waals surface area contributed by atoms with Crippen molar-refractivity contribution in [3.8, 4) is 0 Å². The fourth-order valence-corrected chi connectivity index (χ4v) is 3.49. The van der Waals surface area contributed by atoms with Crippen LogP contribution in [0.15, 0.2) is 10.8 Å². The van der Waals surface area contributed by atoms with E-state index < -0.39 is 0 Å². The summed E-state index contributed by atoms with van der Waals surface area (Å²) in [5, 5.41) is 4.88. The maximum atomic E-state index is 12.2. The van der Waals surface area contributed by atoms with E-state index in [-0.39, 0.29) is 5.91 Å². The summed E-state index contributed by atoms with van der Waals surface area (Å²) in [5.41, 5.74) is 1.98. The zero-order valence-electron chi connectivity index (χ0n) is 8.70. The molecule has 2 heterocycles. The Balaban J connectivity index is 2.18. The molecule has 1 amide bonds. The van der Waals surface area contributed by atoms with E-state index in [1.54, 1.807) is 11.3 Å². The van der Waals surface area contributed by atoms with Crippen LogP contribution in [-0.4, -0.2) is 28.7 Å². The smallest absolute Gasteiger partial charge is 0.255 e. The number of alkyl halides is 1. The molecule has 1 unspecified atom stereocenters. The number of halogens is 1. The van der Waals surface area contributed by atoms with Crippen molar-refractivity contribution in [2.24, 2.45) is 0 Å². The number of carbonyl (C=O) groups excluding carboxylic acids is 1. The normalized spacial score (nSPS) is 20.9. The van der Waals surface area contributed by atoms with E-state index >= 15 is 0 Å². The second-order valence-electron chi connectivity index (χ2n) is 3.92. The van der Waals surface area contributed by atoms with Gasteiger partial charge in [-0.05, 0) is 30.7 Å². The molecule has 0 spiro atoms. The lowest BCUT2D eigenvalue weighted by atomic mass is 10.2. The standard InChI is InChI=1S/C11H14BrNOS/c1-8-6-15-7-10(8)11(14)13-4-2-3-9(13)5-12/h6-7,9H,2-5H2,1H3. The molecule has 1 aromatic heterocycles. The first kappa shape index (κ1) is 11.1. The topological polar surface area (TPSA) is 20.3 Å². The molecular formula is C11H14BrNOS. The van der Waals surface area contributed by atoms with Crippen molar-refractivity contribution in [1.29, 1.82) is 0 Å². The van der Waals surface area contributed by atoms with Crippen LogP contribution in [0, 0.1) is 6.92 Å². The second-order valence-corrected chi connectivity index (χ2v) is 5.31. The molecular weight excluding hydrogens is 274 g/mol. The van der Waals surface area contributed by atoms with Crippen molar-refractivity contribution in [1.82, 2.24) is 4.90 Å². The summed E-state index contributed by atoms with van der Waals surface area (Å²) >= 11 is 5.08. The van der Waals surface area contributed by atoms with Gasteiger partial charge >= 0.3 is 0 Å². The Labute approximate surface area is 102 Å². The summed E-state index contributed by atoms with van der Waals surface area (Å²) < 4.78 is 0. The molecule has 2 rings (SSSR count). The summed E-state index contributed by atoms with van der Waals surface area (Å²) in [4.78, 5) is 14.2. The highest BCUT2D eigenvalue weighted by atomic mass is 79.9. The molecule has 1 saturated heterocycles. The number of thiophene rings is 1. The van der Waals surface area contributed by atoms with Crippen molar-refractivity contribution in [3.63, 3.8) is 0 Å². The molecule has 1 aliphatic rings. The third-order valence-corrected chi connectivity index (χ3v) is 4.51. The number of nitrogens with zero attached hydrogens (tertiary/aromatic N) is 1. The molecule has 82 valence electrons. The van der Waals surface area contributed by atoms with Gasteiger partial charge in [0.15, 0.2) is 0 Å². The van der Waals surface area contributed by atoms with Crippen molar-refractivity contribution in [2.75, 3.05) is 11.9 Å². The van der Waals surface area contributed by atoms with E-state index in [1.807, 2.05) is 22.6 Å². The molecule has 2 nitrogen and oxygen atoms in total. The monoisotopic (exact) mass is 287 g/mol.